The van der Waals surface area contributed by atoms with E-state index in [1.165, 1.54) is 35.6 Å². The van der Waals surface area contributed by atoms with Crippen LogP contribution in [-0.4, -0.2) is 21.9 Å². The Hall–Kier alpha value is -2.40. The Balaban J connectivity index is 1.61. The first-order valence-corrected chi connectivity index (χ1v) is 10.6. The fraction of sp³-hybridized carbons (Fsp3) is 0.263. The molecular formula is C19H15BrF4N4OS. The van der Waals surface area contributed by atoms with Crippen molar-refractivity contribution in [3.8, 4) is 0 Å². The third-order valence-electron chi connectivity index (χ3n) is 4.76. The van der Waals surface area contributed by atoms with Gasteiger partial charge in [0.05, 0.1) is 10.5 Å². The summed E-state index contributed by atoms with van der Waals surface area (Å²) in [5.41, 5.74) is 0.495. The van der Waals surface area contributed by atoms with Crippen LogP contribution in [0, 0.1) is 5.82 Å². The van der Waals surface area contributed by atoms with Crippen LogP contribution < -0.4 is 10.6 Å². The van der Waals surface area contributed by atoms with Crippen molar-refractivity contribution in [2.75, 3.05) is 5.32 Å². The van der Waals surface area contributed by atoms with Crippen molar-refractivity contribution in [3.63, 3.8) is 0 Å². The van der Waals surface area contributed by atoms with E-state index in [0.717, 1.165) is 9.56 Å². The number of thiophene rings is 1. The number of anilines is 1. The molecule has 0 saturated carbocycles. The maximum atomic E-state index is 13.7. The quantitative estimate of drug-likeness (QED) is 0.467. The Morgan fingerprint density at radius 2 is 2.03 bits per heavy atom. The van der Waals surface area contributed by atoms with E-state index in [4.69, 9.17) is 0 Å². The standard InChI is InChI=1S/C19H15BrF4N4OS/c20-15-16(18(29)25-9-10-3-5-11(21)6-4-10)27-28-14(19(22,23)24)8-12(26-17(15)28)13-2-1-7-30-13/h1-7,12,14,26H,8-9H2,(H,25,29)/t12-,14+/m0/s1. The van der Waals surface area contributed by atoms with Crippen molar-refractivity contribution in [1.29, 1.82) is 0 Å². The average Bonchev–Trinajstić information content (AvgIpc) is 3.34. The van der Waals surface area contributed by atoms with Gasteiger partial charge in [0.2, 0.25) is 0 Å². The second-order valence-corrected chi connectivity index (χ2v) is 8.54. The van der Waals surface area contributed by atoms with Crippen LogP contribution in [0.4, 0.5) is 23.4 Å². The fourth-order valence-electron chi connectivity index (χ4n) is 3.28. The van der Waals surface area contributed by atoms with Gasteiger partial charge >= 0.3 is 6.18 Å². The molecule has 5 nitrogen and oxygen atoms in total. The number of carbonyl (C=O) groups excluding carboxylic acids is 1. The first kappa shape index (κ1) is 20.9. The molecule has 3 aromatic rings. The topological polar surface area (TPSA) is 59.0 Å². The Labute approximate surface area is 181 Å². The lowest BCUT2D eigenvalue weighted by Crippen LogP contribution is -2.35. The lowest BCUT2D eigenvalue weighted by Gasteiger charge is -2.33. The summed E-state index contributed by atoms with van der Waals surface area (Å²) in [5.74, 6) is -0.934. The van der Waals surface area contributed by atoms with Crippen LogP contribution in [0.15, 0.2) is 46.3 Å². The van der Waals surface area contributed by atoms with Crippen LogP contribution in [0.1, 0.15) is 39.4 Å². The van der Waals surface area contributed by atoms with Gasteiger partial charge in [-0.25, -0.2) is 9.07 Å². The molecule has 30 heavy (non-hydrogen) atoms. The van der Waals surface area contributed by atoms with Gasteiger partial charge in [0.1, 0.15) is 11.6 Å². The third-order valence-corrected chi connectivity index (χ3v) is 6.50. The zero-order valence-electron chi connectivity index (χ0n) is 15.2. The van der Waals surface area contributed by atoms with E-state index in [1.807, 2.05) is 0 Å². The Morgan fingerprint density at radius 3 is 2.67 bits per heavy atom. The van der Waals surface area contributed by atoms with E-state index in [-0.39, 0.29) is 29.0 Å². The number of rotatable bonds is 4. The van der Waals surface area contributed by atoms with Gasteiger partial charge in [-0.05, 0) is 45.1 Å². The zero-order valence-corrected chi connectivity index (χ0v) is 17.6. The molecule has 1 aliphatic heterocycles. The van der Waals surface area contributed by atoms with Gasteiger partial charge in [-0.1, -0.05) is 18.2 Å². The summed E-state index contributed by atoms with van der Waals surface area (Å²) >= 11 is 4.60. The lowest BCUT2D eigenvalue weighted by atomic mass is 10.0. The summed E-state index contributed by atoms with van der Waals surface area (Å²) in [6, 6.07) is 6.67. The predicted octanol–water partition coefficient (Wildman–Crippen LogP) is 5.44. The first-order valence-electron chi connectivity index (χ1n) is 8.91. The number of aromatic nitrogens is 2. The molecule has 0 bridgehead atoms. The molecule has 2 aromatic heterocycles. The van der Waals surface area contributed by atoms with Crippen LogP contribution in [-0.2, 0) is 6.54 Å². The van der Waals surface area contributed by atoms with Gasteiger partial charge in [0.25, 0.3) is 5.91 Å². The SMILES string of the molecule is O=C(NCc1ccc(F)cc1)c1nn2c(c1Br)N[C@H](c1cccs1)C[C@@H]2C(F)(F)F. The largest absolute Gasteiger partial charge is 0.410 e. The number of hydrogen-bond acceptors (Lipinski definition) is 4. The number of halogens is 5. The van der Waals surface area contributed by atoms with Gasteiger partial charge < -0.3 is 10.6 Å². The molecule has 158 valence electrons. The second kappa shape index (κ2) is 8.03. The summed E-state index contributed by atoms with van der Waals surface area (Å²) in [5, 5.41) is 11.4. The molecule has 0 unspecified atom stereocenters. The zero-order chi connectivity index (χ0) is 21.5. The number of benzene rings is 1. The number of amides is 1. The van der Waals surface area contributed by atoms with Crippen LogP contribution in [0.5, 0.6) is 0 Å². The molecule has 4 rings (SSSR count). The highest BCUT2D eigenvalue weighted by Crippen LogP contribution is 2.46. The number of fused-ring (bicyclic) bond motifs is 1. The molecule has 0 fully saturated rings. The monoisotopic (exact) mass is 502 g/mol. The van der Waals surface area contributed by atoms with Crippen LogP contribution >= 0.6 is 27.3 Å². The molecule has 1 amide bonds. The van der Waals surface area contributed by atoms with Crippen molar-refractivity contribution in [3.05, 3.63) is 68.2 Å². The minimum atomic E-state index is -4.53. The Morgan fingerprint density at radius 1 is 1.30 bits per heavy atom. The molecule has 3 heterocycles. The van der Waals surface area contributed by atoms with Gasteiger partial charge in [0.15, 0.2) is 11.7 Å². The summed E-state index contributed by atoms with van der Waals surface area (Å²) in [7, 11) is 0. The predicted molar refractivity (Wildman–Crippen MR) is 108 cm³/mol. The van der Waals surface area contributed by atoms with Gasteiger partial charge in [-0.2, -0.15) is 18.3 Å². The molecule has 0 aliphatic carbocycles. The van der Waals surface area contributed by atoms with Crippen molar-refractivity contribution in [2.45, 2.75) is 31.2 Å². The molecule has 0 spiro atoms. The highest BCUT2D eigenvalue weighted by molar-refractivity contribution is 9.10. The van der Waals surface area contributed by atoms with E-state index >= 15 is 0 Å². The van der Waals surface area contributed by atoms with Crippen LogP contribution in [0.2, 0.25) is 0 Å². The number of alkyl halides is 3. The minimum absolute atomic E-state index is 0.0850. The molecule has 2 atom stereocenters. The van der Waals surface area contributed by atoms with E-state index in [2.05, 4.69) is 31.7 Å². The highest BCUT2D eigenvalue weighted by atomic mass is 79.9. The van der Waals surface area contributed by atoms with Crippen molar-refractivity contribution in [2.24, 2.45) is 0 Å². The number of carbonyl (C=O) groups is 1. The van der Waals surface area contributed by atoms with Crippen molar-refractivity contribution >= 4 is 39.0 Å². The number of nitrogens with one attached hydrogen (secondary N) is 2. The minimum Gasteiger partial charge on any atom is -0.362 e. The smallest absolute Gasteiger partial charge is 0.362 e. The molecule has 11 heteroatoms. The van der Waals surface area contributed by atoms with E-state index in [0.29, 0.717) is 5.56 Å². The van der Waals surface area contributed by atoms with Gasteiger partial charge in [-0.3, -0.25) is 4.79 Å². The maximum absolute atomic E-state index is 13.7. The van der Waals surface area contributed by atoms with Gasteiger partial charge in [-0.15, -0.1) is 11.3 Å². The first-order chi connectivity index (χ1) is 14.2. The number of hydrogen-bond donors (Lipinski definition) is 2. The average molecular weight is 503 g/mol. The molecular weight excluding hydrogens is 488 g/mol. The molecule has 2 N–H and O–H groups in total. The molecule has 0 radical (unpaired) electrons. The lowest BCUT2D eigenvalue weighted by molar-refractivity contribution is -0.173. The van der Waals surface area contributed by atoms with E-state index < -0.39 is 30.0 Å². The summed E-state index contributed by atoms with van der Waals surface area (Å²) in [6.07, 6.45) is -4.76. The molecule has 0 saturated heterocycles. The Kier molecular flexibility index (Phi) is 5.58. The van der Waals surface area contributed by atoms with Gasteiger partial charge in [0, 0.05) is 17.8 Å². The second-order valence-electron chi connectivity index (χ2n) is 6.77. The van der Waals surface area contributed by atoms with Crippen molar-refractivity contribution < 1.29 is 22.4 Å². The third kappa shape index (κ3) is 4.08. The van der Waals surface area contributed by atoms with Crippen LogP contribution in [0.3, 0.4) is 0 Å². The molecule has 1 aromatic carbocycles. The summed E-state index contributed by atoms with van der Waals surface area (Å²) in [6.45, 7) is 0.0850. The normalized spacial score (nSPS) is 18.6. The summed E-state index contributed by atoms with van der Waals surface area (Å²) < 4.78 is 55.2. The maximum Gasteiger partial charge on any atom is 0.410 e. The van der Waals surface area contributed by atoms with E-state index in [9.17, 15) is 22.4 Å². The number of nitrogens with zero attached hydrogens (tertiary/aromatic N) is 2. The summed E-state index contributed by atoms with van der Waals surface area (Å²) in [4.78, 5) is 13.4. The van der Waals surface area contributed by atoms with Crippen molar-refractivity contribution in [1.82, 2.24) is 15.1 Å². The van der Waals surface area contributed by atoms with Crippen LogP contribution in [0.25, 0.3) is 0 Å². The fourth-order valence-corrected chi connectivity index (χ4v) is 4.63. The highest BCUT2D eigenvalue weighted by Gasteiger charge is 2.47. The van der Waals surface area contributed by atoms with E-state index in [1.54, 1.807) is 17.5 Å². The Bertz CT molecular complexity index is 1050. The molecule has 1 aliphatic rings.